The molecule has 0 saturated carbocycles. The van der Waals surface area contributed by atoms with Gasteiger partial charge in [-0.05, 0) is 18.2 Å². The van der Waals surface area contributed by atoms with Gasteiger partial charge in [0.05, 0.1) is 10.5 Å². The number of halogens is 2. The highest BCUT2D eigenvalue weighted by Gasteiger charge is 2.23. The number of primary amides is 1. The molecule has 9 heteroatoms. The SMILES string of the molecule is NC(=O)OC(=O)c1cc(Cl)ccc1S(=O)(=O)Cl. The van der Waals surface area contributed by atoms with Gasteiger partial charge in [0.2, 0.25) is 0 Å². The molecule has 17 heavy (non-hydrogen) atoms. The average molecular weight is 298 g/mol. The van der Waals surface area contributed by atoms with Crippen molar-refractivity contribution in [1.29, 1.82) is 0 Å². The highest BCUT2D eigenvalue weighted by Crippen LogP contribution is 2.24. The highest BCUT2D eigenvalue weighted by molar-refractivity contribution is 8.13. The van der Waals surface area contributed by atoms with Crippen LogP contribution in [-0.2, 0) is 13.8 Å². The van der Waals surface area contributed by atoms with Gasteiger partial charge in [0.1, 0.15) is 0 Å². The lowest BCUT2D eigenvalue weighted by molar-refractivity contribution is 0.0634. The molecule has 0 radical (unpaired) electrons. The van der Waals surface area contributed by atoms with Crippen molar-refractivity contribution in [3.63, 3.8) is 0 Å². The van der Waals surface area contributed by atoms with Crippen LogP contribution < -0.4 is 5.73 Å². The van der Waals surface area contributed by atoms with E-state index in [-0.39, 0.29) is 5.02 Å². The molecular formula is C8H5Cl2NO5S. The second-order valence-electron chi connectivity index (χ2n) is 2.79. The van der Waals surface area contributed by atoms with E-state index in [1.807, 2.05) is 0 Å². The van der Waals surface area contributed by atoms with Crippen LogP contribution in [0.15, 0.2) is 23.1 Å². The summed E-state index contributed by atoms with van der Waals surface area (Å²) in [5.41, 5.74) is 4.16. The Balaban J connectivity index is 3.35. The number of benzene rings is 1. The molecule has 0 aliphatic carbocycles. The van der Waals surface area contributed by atoms with Crippen LogP contribution >= 0.6 is 22.3 Å². The van der Waals surface area contributed by atoms with Crippen molar-refractivity contribution in [3.8, 4) is 0 Å². The number of ether oxygens (including phenoxy) is 1. The van der Waals surface area contributed by atoms with Crippen LogP contribution in [0, 0.1) is 0 Å². The van der Waals surface area contributed by atoms with Crippen LogP contribution in [0.3, 0.4) is 0 Å². The summed E-state index contributed by atoms with van der Waals surface area (Å²) < 4.78 is 26.4. The van der Waals surface area contributed by atoms with Gasteiger partial charge < -0.3 is 10.5 Å². The van der Waals surface area contributed by atoms with Gasteiger partial charge in [-0.2, -0.15) is 0 Å². The van der Waals surface area contributed by atoms with E-state index in [1.165, 1.54) is 6.07 Å². The van der Waals surface area contributed by atoms with E-state index in [4.69, 9.17) is 22.3 Å². The average Bonchev–Trinajstić information content (AvgIpc) is 2.14. The number of carbonyl (C=O) groups is 2. The predicted molar refractivity (Wildman–Crippen MR) is 59.5 cm³/mol. The first kappa shape index (κ1) is 13.8. The Labute approximate surface area is 106 Å². The lowest BCUT2D eigenvalue weighted by Gasteiger charge is -2.05. The fraction of sp³-hybridized carbons (Fsp3) is 0. The van der Waals surface area contributed by atoms with E-state index < -0.39 is 31.6 Å². The maximum absolute atomic E-state index is 11.4. The Hall–Kier alpha value is -1.31. The van der Waals surface area contributed by atoms with E-state index in [9.17, 15) is 18.0 Å². The first-order valence-corrected chi connectivity index (χ1v) is 6.66. The van der Waals surface area contributed by atoms with Crippen LogP contribution in [0.4, 0.5) is 4.79 Å². The van der Waals surface area contributed by atoms with E-state index in [0.717, 1.165) is 12.1 Å². The number of esters is 1. The smallest absolute Gasteiger partial charge is 0.373 e. The molecule has 0 saturated heterocycles. The molecule has 0 aliphatic rings. The lowest BCUT2D eigenvalue weighted by atomic mass is 10.2. The first-order chi connectivity index (χ1) is 7.71. The fourth-order valence-corrected chi connectivity index (χ4v) is 2.23. The van der Waals surface area contributed by atoms with E-state index >= 15 is 0 Å². The number of amides is 1. The molecule has 92 valence electrons. The summed E-state index contributed by atoms with van der Waals surface area (Å²) in [6.45, 7) is 0. The summed E-state index contributed by atoms with van der Waals surface area (Å²) >= 11 is 5.59. The molecule has 0 bridgehead atoms. The third-order valence-electron chi connectivity index (χ3n) is 1.62. The molecular weight excluding hydrogens is 293 g/mol. The maximum atomic E-state index is 11.4. The Bertz CT molecular complexity index is 584. The van der Waals surface area contributed by atoms with Crippen molar-refractivity contribution in [2.45, 2.75) is 4.90 Å². The molecule has 6 nitrogen and oxygen atoms in total. The summed E-state index contributed by atoms with van der Waals surface area (Å²) in [5.74, 6) is -1.25. The lowest BCUT2D eigenvalue weighted by Crippen LogP contribution is -2.19. The summed E-state index contributed by atoms with van der Waals surface area (Å²) in [5, 5.41) is 0.0745. The second-order valence-corrected chi connectivity index (χ2v) is 5.76. The van der Waals surface area contributed by atoms with E-state index in [2.05, 4.69) is 10.5 Å². The number of nitrogens with two attached hydrogens (primary N) is 1. The first-order valence-electron chi connectivity index (χ1n) is 3.97. The fourth-order valence-electron chi connectivity index (χ4n) is 1.02. The highest BCUT2D eigenvalue weighted by atomic mass is 35.7. The number of hydrogen-bond donors (Lipinski definition) is 1. The summed E-state index contributed by atoms with van der Waals surface area (Å²) in [6.07, 6.45) is -1.37. The monoisotopic (exact) mass is 297 g/mol. The minimum absolute atomic E-state index is 0.0745. The van der Waals surface area contributed by atoms with Gasteiger partial charge >= 0.3 is 12.1 Å². The van der Waals surface area contributed by atoms with Crippen LogP contribution in [0.25, 0.3) is 0 Å². The maximum Gasteiger partial charge on any atom is 0.412 e. The van der Waals surface area contributed by atoms with E-state index in [0.29, 0.717) is 0 Å². The molecule has 1 rings (SSSR count). The van der Waals surface area contributed by atoms with Crippen LogP contribution in [-0.4, -0.2) is 20.5 Å². The zero-order chi connectivity index (χ0) is 13.2. The van der Waals surface area contributed by atoms with Crippen LogP contribution in [0.2, 0.25) is 5.02 Å². The number of rotatable bonds is 2. The van der Waals surface area contributed by atoms with Crippen molar-refractivity contribution in [2.75, 3.05) is 0 Å². The van der Waals surface area contributed by atoms with Gasteiger partial charge in [0, 0.05) is 15.7 Å². The Morgan fingerprint density at radius 2 is 1.88 bits per heavy atom. The molecule has 1 aromatic carbocycles. The van der Waals surface area contributed by atoms with Gasteiger partial charge in [0.15, 0.2) is 0 Å². The zero-order valence-electron chi connectivity index (χ0n) is 8.01. The Kier molecular flexibility index (Phi) is 3.97. The molecule has 1 aromatic rings. The van der Waals surface area contributed by atoms with Crippen molar-refractivity contribution in [2.24, 2.45) is 5.73 Å². The van der Waals surface area contributed by atoms with Crippen LogP contribution in [0.5, 0.6) is 0 Å². The molecule has 0 atom stereocenters. The molecule has 0 spiro atoms. The summed E-state index contributed by atoms with van der Waals surface area (Å²) in [6, 6.07) is 3.24. The minimum Gasteiger partial charge on any atom is -0.373 e. The van der Waals surface area contributed by atoms with E-state index in [1.54, 1.807) is 0 Å². The molecule has 2 N–H and O–H groups in total. The Morgan fingerprint density at radius 1 is 1.29 bits per heavy atom. The molecule has 0 aliphatic heterocycles. The number of carbonyl (C=O) groups excluding carboxylic acids is 2. The van der Waals surface area contributed by atoms with Crippen molar-refractivity contribution < 1.29 is 22.7 Å². The zero-order valence-corrected chi connectivity index (χ0v) is 10.3. The van der Waals surface area contributed by atoms with Gasteiger partial charge in [-0.3, -0.25) is 0 Å². The normalized spacial score (nSPS) is 10.9. The molecule has 0 heterocycles. The summed E-state index contributed by atoms with van der Waals surface area (Å²) in [4.78, 5) is 21.2. The van der Waals surface area contributed by atoms with Gasteiger partial charge in [-0.1, -0.05) is 11.6 Å². The van der Waals surface area contributed by atoms with Gasteiger partial charge in [0.25, 0.3) is 9.05 Å². The van der Waals surface area contributed by atoms with Gasteiger partial charge in [-0.15, -0.1) is 0 Å². The minimum atomic E-state index is -4.17. The third-order valence-corrected chi connectivity index (χ3v) is 3.23. The largest absolute Gasteiger partial charge is 0.412 e. The molecule has 0 unspecified atom stereocenters. The second kappa shape index (κ2) is 4.91. The van der Waals surface area contributed by atoms with Crippen molar-refractivity contribution in [3.05, 3.63) is 28.8 Å². The Morgan fingerprint density at radius 3 is 2.35 bits per heavy atom. The van der Waals surface area contributed by atoms with Crippen molar-refractivity contribution in [1.82, 2.24) is 0 Å². The quantitative estimate of drug-likeness (QED) is 0.506. The van der Waals surface area contributed by atoms with Crippen molar-refractivity contribution >= 4 is 43.4 Å². The molecule has 0 aromatic heterocycles. The van der Waals surface area contributed by atoms with Crippen LogP contribution in [0.1, 0.15) is 10.4 Å². The number of hydrogen-bond acceptors (Lipinski definition) is 5. The predicted octanol–water partition coefficient (Wildman–Crippen LogP) is 1.50. The standard InChI is InChI=1S/C8H5Cl2NO5S/c9-4-1-2-6(17(10,14)15)5(3-4)7(12)16-8(11)13/h1-3H,(H2,11,13). The topological polar surface area (TPSA) is 104 Å². The summed E-state index contributed by atoms with van der Waals surface area (Å²) in [7, 11) is 0.931. The molecule has 1 amide bonds. The van der Waals surface area contributed by atoms with Gasteiger partial charge in [-0.25, -0.2) is 18.0 Å². The molecule has 0 fully saturated rings. The third kappa shape index (κ3) is 3.58.